The summed E-state index contributed by atoms with van der Waals surface area (Å²) in [6, 6.07) is 0. The fourth-order valence-electron chi connectivity index (χ4n) is 2.18. The third kappa shape index (κ3) is 1.47. The van der Waals surface area contributed by atoms with Crippen molar-refractivity contribution in [2.24, 2.45) is 23.2 Å². The van der Waals surface area contributed by atoms with Gasteiger partial charge in [-0.15, -0.1) is 0 Å². The van der Waals surface area contributed by atoms with Crippen LogP contribution in [0.3, 0.4) is 0 Å². The monoisotopic (exact) mass is 170 g/mol. The predicted octanol–water partition coefficient (Wildman–Crippen LogP) is 2.39. The van der Waals surface area contributed by atoms with E-state index >= 15 is 0 Å². The van der Waals surface area contributed by atoms with Crippen molar-refractivity contribution >= 4 is 5.97 Å². The normalized spacial score (nSPS) is 32.1. The Kier molecular flexibility index (Phi) is 2.19. The minimum absolute atomic E-state index is 0.0378. The lowest BCUT2D eigenvalue weighted by Gasteiger charge is -2.04. The van der Waals surface area contributed by atoms with Gasteiger partial charge in [-0.1, -0.05) is 27.7 Å². The molecule has 0 bridgehead atoms. The maximum atomic E-state index is 10.8. The number of hydrogen-bond acceptors (Lipinski definition) is 1. The van der Waals surface area contributed by atoms with Gasteiger partial charge in [-0.05, 0) is 23.7 Å². The van der Waals surface area contributed by atoms with Gasteiger partial charge < -0.3 is 5.11 Å². The third-order valence-corrected chi connectivity index (χ3v) is 3.04. The molecule has 1 aliphatic rings. The van der Waals surface area contributed by atoms with E-state index < -0.39 is 5.97 Å². The Hall–Kier alpha value is -0.530. The van der Waals surface area contributed by atoms with Crippen LogP contribution in [0, 0.1) is 23.2 Å². The van der Waals surface area contributed by atoms with Gasteiger partial charge in [-0.2, -0.15) is 0 Å². The smallest absolute Gasteiger partial charge is 0.307 e. The number of carboxylic acid groups (broad SMARTS) is 1. The van der Waals surface area contributed by atoms with Crippen molar-refractivity contribution in [3.63, 3.8) is 0 Å². The van der Waals surface area contributed by atoms with E-state index in [-0.39, 0.29) is 11.3 Å². The molecule has 0 aromatic carbocycles. The first kappa shape index (κ1) is 9.56. The van der Waals surface area contributed by atoms with Crippen LogP contribution in [0.1, 0.15) is 34.1 Å². The zero-order chi connectivity index (χ0) is 9.52. The molecule has 0 spiro atoms. The van der Waals surface area contributed by atoms with Crippen LogP contribution in [0.5, 0.6) is 0 Å². The van der Waals surface area contributed by atoms with Crippen molar-refractivity contribution in [1.82, 2.24) is 0 Å². The maximum absolute atomic E-state index is 10.8. The van der Waals surface area contributed by atoms with E-state index in [0.29, 0.717) is 11.8 Å². The van der Waals surface area contributed by atoms with Crippen LogP contribution < -0.4 is 0 Å². The van der Waals surface area contributed by atoms with Gasteiger partial charge in [-0.3, -0.25) is 4.79 Å². The lowest BCUT2D eigenvalue weighted by Crippen LogP contribution is -2.03. The van der Waals surface area contributed by atoms with E-state index in [2.05, 4.69) is 27.7 Å². The molecule has 1 fully saturated rings. The largest absolute Gasteiger partial charge is 0.481 e. The standard InChI is InChI=1S/C10H18O2/c1-6(2)5-7-8(9(11)12)10(7,3)4/h6-8H,5H2,1-4H3,(H,11,12). The Morgan fingerprint density at radius 2 is 2.00 bits per heavy atom. The zero-order valence-corrected chi connectivity index (χ0v) is 8.29. The number of carbonyl (C=O) groups is 1. The molecule has 2 heteroatoms. The highest BCUT2D eigenvalue weighted by Crippen LogP contribution is 2.60. The molecular formula is C10H18O2. The molecular weight excluding hydrogens is 152 g/mol. The summed E-state index contributed by atoms with van der Waals surface area (Å²) in [6.07, 6.45) is 1.05. The Morgan fingerprint density at radius 1 is 1.50 bits per heavy atom. The molecule has 70 valence electrons. The molecule has 0 radical (unpaired) electrons. The van der Waals surface area contributed by atoms with E-state index in [0.717, 1.165) is 6.42 Å². The minimum atomic E-state index is -0.620. The molecule has 0 heterocycles. The van der Waals surface area contributed by atoms with Crippen LogP contribution >= 0.6 is 0 Å². The van der Waals surface area contributed by atoms with E-state index in [1.807, 2.05) is 0 Å². The van der Waals surface area contributed by atoms with Gasteiger partial charge in [0.15, 0.2) is 0 Å². The Morgan fingerprint density at radius 3 is 2.25 bits per heavy atom. The second-order valence-corrected chi connectivity index (χ2v) is 4.87. The summed E-state index contributed by atoms with van der Waals surface area (Å²) in [6.45, 7) is 8.40. The maximum Gasteiger partial charge on any atom is 0.307 e. The average molecular weight is 170 g/mol. The lowest BCUT2D eigenvalue weighted by atomic mass is 10.0. The zero-order valence-electron chi connectivity index (χ0n) is 8.29. The van der Waals surface area contributed by atoms with E-state index in [4.69, 9.17) is 5.11 Å². The fraction of sp³-hybridized carbons (Fsp3) is 0.900. The first-order chi connectivity index (χ1) is 5.37. The van der Waals surface area contributed by atoms with Crippen LogP contribution in [0.25, 0.3) is 0 Å². The summed E-state index contributed by atoms with van der Waals surface area (Å²) in [7, 11) is 0. The van der Waals surface area contributed by atoms with Gasteiger partial charge in [0.05, 0.1) is 5.92 Å². The Balaban J connectivity index is 2.54. The van der Waals surface area contributed by atoms with Gasteiger partial charge in [0.25, 0.3) is 0 Å². The first-order valence-corrected chi connectivity index (χ1v) is 4.60. The SMILES string of the molecule is CC(C)CC1C(C(=O)O)C1(C)C. The van der Waals surface area contributed by atoms with Crippen molar-refractivity contribution in [2.75, 3.05) is 0 Å². The summed E-state index contributed by atoms with van der Waals surface area (Å²) >= 11 is 0. The van der Waals surface area contributed by atoms with Crippen LogP contribution in [0.2, 0.25) is 0 Å². The molecule has 2 nitrogen and oxygen atoms in total. The van der Waals surface area contributed by atoms with Gasteiger partial charge in [0.2, 0.25) is 0 Å². The van der Waals surface area contributed by atoms with E-state index in [9.17, 15) is 4.79 Å². The summed E-state index contributed by atoms with van der Waals surface area (Å²) in [5.41, 5.74) is 0.0378. The molecule has 2 atom stereocenters. The summed E-state index contributed by atoms with van der Waals surface area (Å²) in [4.78, 5) is 10.8. The summed E-state index contributed by atoms with van der Waals surface area (Å²) in [5, 5.41) is 8.87. The summed E-state index contributed by atoms with van der Waals surface area (Å²) in [5.74, 6) is 0.291. The number of aliphatic carboxylic acids is 1. The molecule has 1 rings (SSSR count). The molecule has 0 saturated heterocycles. The molecule has 1 saturated carbocycles. The topological polar surface area (TPSA) is 37.3 Å². The predicted molar refractivity (Wildman–Crippen MR) is 47.9 cm³/mol. The average Bonchev–Trinajstić information content (AvgIpc) is 2.32. The molecule has 0 aliphatic heterocycles. The van der Waals surface area contributed by atoms with Gasteiger partial charge >= 0.3 is 5.97 Å². The highest BCUT2D eigenvalue weighted by Gasteiger charge is 2.61. The number of hydrogen-bond donors (Lipinski definition) is 1. The summed E-state index contributed by atoms with van der Waals surface area (Å²) < 4.78 is 0. The molecule has 1 aliphatic carbocycles. The number of carboxylic acids is 1. The fourth-order valence-corrected chi connectivity index (χ4v) is 2.18. The lowest BCUT2D eigenvalue weighted by molar-refractivity contribution is -0.139. The van der Waals surface area contributed by atoms with Crippen LogP contribution in [0.4, 0.5) is 0 Å². The van der Waals surface area contributed by atoms with Crippen molar-refractivity contribution in [3.05, 3.63) is 0 Å². The van der Waals surface area contributed by atoms with Crippen LogP contribution in [0.15, 0.2) is 0 Å². The van der Waals surface area contributed by atoms with Gasteiger partial charge in [0, 0.05) is 0 Å². The second-order valence-electron chi connectivity index (χ2n) is 4.87. The molecule has 0 amide bonds. The van der Waals surface area contributed by atoms with Gasteiger partial charge in [-0.25, -0.2) is 0 Å². The Labute approximate surface area is 74.0 Å². The number of rotatable bonds is 3. The van der Waals surface area contributed by atoms with E-state index in [1.54, 1.807) is 0 Å². The van der Waals surface area contributed by atoms with E-state index in [1.165, 1.54) is 0 Å². The van der Waals surface area contributed by atoms with Crippen molar-refractivity contribution in [3.8, 4) is 0 Å². The first-order valence-electron chi connectivity index (χ1n) is 4.60. The molecule has 0 aromatic heterocycles. The van der Waals surface area contributed by atoms with Crippen LogP contribution in [-0.2, 0) is 4.79 Å². The highest BCUT2D eigenvalue weighted by atomic mass is 16.4. The Bertz CT molecular complexity index is 194. The third-order valence-electron chi connectivity index (χ3n) is 3.04. The van der Waals surface area contributed by atoms with Crippen LogP contribution in [-0.4, -0.2) is 11.1 Å². The highest BCUT2D eigenvalue weighted by molar-refractivity contribution is 5.75. The molecule has 2 unspecified atom stereocenters. The van der Waals surface area contributed by atoms with Gasteiger partial charge in [0.1, 0.15) is 0 Å². The molecule has 0 aromatic rings. The molecule has 1 N–H and O–H groups in total. The quantitative estimate of drug-likeness (QED) is 0.706. The minimum Gasteiger partial charge on any atom is -0.481 e. The van der Waals surface area contributed by atoms with Crippen molar-refractivity contribution in [2.45, 2.75) is 34.1 Å². The second kappa shape index (κ2) is 2.75. The molecule has 12 heavy (non-hydrogen) atoms. The van der Waals surface area contributed by atoms with Crippen molar-refractivity contribution < 1.29 is 9.90 Å². The van der Waals surface area contributed by atoms with Crippen molar-refractivity contribution in [1.29, 1.82) is 0 Å².